The molecule has 3 N–H and O–H groups in total. The van der Waals surface area contributed by atoms with Crippen molar-refractivity contribution in [3.05, 3.63) is 24.3 Å². The highest BCUT2D eigenvalue weighted by Gasteiger charge is 2.38. The lowest BCUT2D eigenvalue weighted by molar-refractivity contribution is -0.121. The Hall–Kier alpha value is -1.60. The lowest BCUT2D eigenvalue weighted by Gasteiger charge is -2.21. The van der Waals surface area contributed by atoms with Crippen molar-refractivity contribution in [3.63, 3.8) is 0 Å². The number of rotatable bonds is 4. The zero-order valence-electron chi connectivity index (χ0n) is 10.7. The smallest absolute Gasteiger partial charge is 0.243 e. The summed E-state index contributed by atoms with van der Waals surface area (Å²) < 4.78 is 26.1. The Morgan fingerprint density at radius 3 is 2.53 bits per heavy atom. The molecular formula is C12H17N3O3S. The first kappa shape index (κ1) is 13.8. The monoisotopic (exact) mass is 283 g/mol. The van der Waals surface area contributed by atoms with Gasteiger partial charge in [0.05, 0.1) is 4.90 Å². The number of nitrogens with two attached hydrogens (primary N) is 1. The number of hydrogen-bond donors (Lipinski definition) is 2. The standard InChI is InChI=1S/C12H17N3O3S/c1-14-9-4-6-10(7-5-9)19(17,18)15-8-2-3-11(15)12(13)16/h4-7,11,14H,2-3,8H2,1H3,(H2,13,16). The zero-order valence-corrected chi connectivity index (χ0v) is 11.5. The molecule has 1 aromatic carbocycles. The maximum absolute atomic E-state index is 12.4. The third-order valence-electron chi connectivity index (χ3n) is 3.28. The normalized spacial score (nSPS) is 20.4. The van der Waals surface area contributed by atoms with E-state index in [9.17, 15) is 13.2 Å². The van der Waals surface area contributed by atoms with E-state index in [4.69, 9.17) is 5.73 Å². The van der Waals surface area contributed by atoms with E-state index in [1.54, 1.807) is 19.2 Å². The second kappa shape index (κ2) is 5.18. The molecule has 7 heteroatoms. The van der Waals surface area contributed by atoms with Crippen LogP contribution in [0.15, 0.2) is 29.2 Å². The zero-order chi connectivity index (χ0) is 14.0. The van der Waals surface area contributed by atoms with Crippen LogP contribution in [0.5, 0.6) is 0 Å². The number of amides is 1. The molecule has 1 atom stereocenters. The molecule has 0 saturated carbocycles. The van der Waals surface area contributed by atoms with Gasteiger partial charge in [0.15, 0.2) is 0 Å². The summed E-state index contributed by atoms with van der Waals surface area (Å²) in [6.07, 6.45) is 1.14. The molecule has 1 aliphatic heterocycles. The van der Waals surface area contributed by atoms with Crippen LogP contribution in [0.3, 0.4) is 0 Å². The molecule has 6 nitrogen and oxygen atoms in total. The number of nitrogens with zero attached hydrogens (tertiary/aromatic N) is 1. The second-order valence-electron chi connectivity index (χ2n) is 4.45. The SMILES string of the molecule is CNc1ccc(S(=O)(=O)N2CCCC2C(N)=O)cc1. The fraction of sp³-hybridized carbons (Fsp3) is 0.417. The first-order chi connectivity index (χ1) is 8.96. The summed E-state index contributed by atoms with van der Waals surface area (Å²) in [7, 11) is -1.90. The maximum atomic E-state index is 12.4. The van der Waals surface area contributed by atoms with Crippen LogP contribution in [0.2, 0.25) is 0 Å². The van der Waals surface area contributed by atoms with Crippen LogP contribution >= 0.6 is 0 Å². The molecular weight excluding hydrogens is 266 g/mol. The summed E-state index contributed by atoms with van der Waals surface area (Å²) >= 11 is 0. The van der Waals surface area contributed by atoms with E-state index < -0.39 is 22.0 Å². The van der Waals surface area contributed by atoms with Gasteiger partial charge < -0.3 is 11.1 Å². The second-order valence-corrected chi connectivity index (χ2v) is 6.34. The van der Waals surface area contributed by atoms with Crippen molar-refractivity contribution >= 4 is 21.6 Å². The van der Waals surface area contributed by atoms with Gasteiger partial charge in [0.25, 0.3) is 0 Å². The Morgan fingerprint density at radius 2 is 2.00 bits per heavy atom. The molecule has 1 aromatic rings. The van der Waals surface area contributed by atoms with Gasteiger partial charge in [-0.15, -0.1) is 0 Å². The topological polar surface area (TPSA) is 92.5 Å². The average Bonchev–Trinajstić information content (AvgIpc) is 2.89. The molecule has 104 valence electrons. The van der Waals surface area contributed by atoms with Gasteiger partial charge in [-0.3, -0.25) is 4.79 Å². The van der Waals surface area contributed by atoms with E-state index >= 15 is 0 Å². The molecule has 19 heavy (non-hydrogen) atoms. The van der Waals surface area contributed by atoms with Gasteiger partial charge in [-0.05, 0) is 37.1 Å². The molecule has 0 aromatic heterocycles. The van der Waals surface area contributed by atoms with Crippen LogP contribution in [0, 0.1) is 0 Å². The van der Waals surface area contributed by atoms with Crippen LogP contribution < -0.4 is 11.1 Å². The quantitative estimate of drug-likeness (QED) is 0.835. The predicted octanol–water partition coefficient (Wildman–Crippen LogP) is 0.367. The van der Waals surface area contributed by atoms with Gasteiger partial charge in [0, 0.05) is 19.3 Å². The van der Waals surface area contributed by atoms with Crippen LogP contribution in [-0.4, -0.2) is 38.3 Å². The summed E-state index contributed by atoms with van der Waals surface area (Å²) in [6, 6.07) is 5.69. The third kappa shape index (κ3) is 2.57. The Labute approximate surface area is 112 Å². The van der Waals surface area contributed by atoms with Crippen LogP contribution in [0.4, 0.5) is 5.69 Å². The van der Waals surface area contributed by atoms with Gasteiger partial charge in [-0.1, -0.05) is 0 Å². The lowest BCUT2D eigenvalue weighted by Crippen LogP contribution is -2.43. The summed E-state index contributed by atoms with van der Waals surface area (Å²) in [6.45, 7) is 0.337. The van der Waals surface area contributed by atoms with E-state index in [-0.39, 0.29) is 4.90 Å². The van der Waals surface area contributed by atoms with Crippen LogP contribution in [-0.2, 0) is 14.8 Å². The van der Waals surface area contributed by atoms with E-state index in [0.29, 0.717) is 19.4 Å². The molecule has 1 unspecified atom stereocenters. The van der Waals surface area contributed by atoms with Crippen molar-refractivity contribution in [1.82, 2.24) is 4.31 Å². The number of nitrogens with one attached hydrogen (secondary N) is 1. The van der Waals surface area contributed by atoms with Crippen molar-refractivity contribution in [3.8, 4) is 0 Å². The molecule has 0 spiro atoms. The van der Waals surface area contributed by atoms with Crippen LogP contribution in [0.25, 0.3) is 0 Å². The maximum Gasteiger partial charge on any atom is 0.243 e. The third-order valence-corrected chi connectivity index (χ3v) is 5.20. The van der Waals surface area contributed by atoms with Crippen molar-refractivity contribution in [2.24, 2.45) is 5.73 Å². The van der Waals surface area contributed by atoms with Crippen molar-refractivity contribution < 1.29 is 13.2 Å². The van der Waals surface area contributed by atoms with Crippen molar-refractivity contribution in [1.29, 1.82) is 0 Å². The summed E-state index contributed by atoms with van der Waals surface area (Å²) in [5, 5.41) is 2.92. The predicted molar refractivity (Wildman–Crippen MR) is 72.1 cm³/mol. The number of carbonyl (C=O) groups excluding carboxylic acids is 1. The van der Waals surface area contributed by atoms with E-state index in [2.05, 4.69) is 5.32 Å². The van der Waals surface area contributed by atoms with E-state index in [0.717, 1.165) is 5.69 Å². The van der Waals surface area contributed by atoms with Gasteiger partial charge >= 0.3 is 0 Å². The molecule has 0 bridgehead atoms. The first-order valence-corrected chi connectivity index (χ1v) is 7.50. The van der Waals surface area contributed by atoms with Gasteiger partial charge in [-0.2, -0.15) is 4.31 Å². The van der Waals surface area contributed by atoms with Crippen molar-refractivity contribution in [2.75, 3.05) is 18.9 Å². The molecule has 2 rings (SSSR count). The Balaban J connectivity index is 2.33. The van der Waals surface area contributed by atoms with Gasteiger partial charge in [0.1, 0.15) is 6.04 Å². The fourth-order valence-corrected chi connectivity index (χ4v) is 3.91. The molecule has 0 radical (unpaired) electrons. The number of carbonyl (C=O) groups is 1. The van der Waals surface area contributed by atoms with E-state index in [1.165, 1.54) is 16.4 Å². The summed E-state index contributed by atoms with van der Waals surface area (Å²) in [4.78, 5) is 11.5. The number of primary amides is 1. The molecule has 1 saturated heterocycles. The molecule has 1 amide bonds. The Bertz CT molecular complexity index is 568. The van der Waals surface area contributed by atoms with Gasteiger partial charge in [0.2, 0.25) is 15.9 Å². The lowest BCUT2D eigenvalue weighted by atomic mass is 10.2. The first-order valence-electron chi connectivity index (χ1n) is 6.06. The number of sulfonamides is 1. The highest BCUT2D eigenvalue weighted by molar-refractivity contribution is 7.89. The van der Waals surface area contributed by atoms with E-state index in [1.807, 2.05) is 0 Å². The summed E-state index contributed by atoms with van der Waals surface area (Å²) in [5.74, 6) is -0.590. The van der Waals surface area contributed by atoms with Crippen LogP contribution in [0.1, 0.15) is 12.8 Å². The molecule has 1 fully saturated rings. The average molecular weight is 283 g/mol. The number of benzene rings is 1. The number of anilines is 1. The molecule has 0 aliphatic carbocycles. The Morgan fingerprint density at radius 1 is 1.37 bits per heavy atom. The minimum absolute atomic E-state index is 0.180. The van der Waals surface area contributed by atoms with Gasteiger partial charge in [-0.25, -0.2) is 8.42 Å². The highest BCUT2D eigenvalue weighted by Crippen LogP contribution is 2.26. The summed E-state index contributed by atoms with van der Waals surface area (Å²) in [5.41, 5.74) is 6.08. The molecule has 1 heterocycles. The van der Waals surface area contributed by atoms with Crippen molar-refractivity contribution in [2.45, 2.75) is 23.8 Å². The fourth-order valence-electron chi connectivity index (χ4n) is 2.24. The largest absolute Gasteiger partial charge is 0.388 e. The minimum atomic E-state index is -3.65. The Kier molecular flexibility index (Phi) is 3.77. The molecule has 1 aliphatic rings. The number of hydrogen-bond acceptors (Lipinski definition) is 4. The highest BCUT2D eigenvalue weighted by atomic mass is 32.2. The minimum Gasteiger partial charge on any atom is -0.388 e.